The zero-order valence-corrected chi connectivity index (χ0v) is 13.4. The van der Waals surface area contributed by atoms with Crippen molar-refractivity contribution in [2.24, 2.45) is 5.84 Å². The molecule has 0 bridgehead atoms. The molecular formula is C14H12Cl4N2. The topological polar surface area (TPSA) is 38.0 Å². The van der Waals surface area contributed by atoms with Gasteiger partial charge in [0.1, 0.15) is 0 Å². The van der Waals surface area contributed by atoms with Crippen molar-refractivity contribution in [2.75, 3.05) is 0 Å². The number of hydrogen-bond acceptors (Lipinski definition) is 2. The summed E-state index contributed by atoms with van der Waals surface area (Å²) in [6.07, 6.45) is 0.576. The summed E-state index contributed by atoms with van der Waals surface area (Å²) in [5.74, 6) is 5.63. The fraction of sp³-hybridized carbons (Fsp3) is 0.143. The average molecular weight is 350 g/mol. The molecule has 1 unspecified atom stereocenters. The summed E-state index contributed by atoms with van der Waals surface area (Å²) in [7, 11) is 0. The van der Waals surface area contributed by atoms with Crippen LogP contribution in [0, 0.1) is 0 Å². The van der Waals surface area contributed by atoms with Crippen LogP contribution in [0.2, 0.25) is 20.1 Å². The fourth-order valence-corrected chi connectivity index (χ4v) is 2.92. The molecule has 6 heteroatoms. The first-order valence-corrected chi connectivity index (χ1v) is 7.37. The lowest BCUT2D eigenvalue weighted by Gasteiger charge is -2.18. The molecule has 2 aromatic carbocycles. The maximum Gasteiger partial charge on any atom is 0.0624 e. The fourth-order valence-electron chi connectivity index (χ4n) is 1.98. The SMILES string of the molecule is NNC(Cc1cccc(Cl)c1Cl)c1cc(Cl)cc(Cl)c1. The second-order valence-corrected chi connectivity index (χ2v) is 6.00. The van der Waals surface area contributed by atoms with E-state index in [1.165, 1.54) is 0 Å². The molecule has 0 spiro atoms. The molecule has 20 heavy (non-hydrogen) atoms. The van der Waals surface area contributed by atoms with E-state index in [1.807, 2.05) is 24.3 Å². The van der Waals surface area contributed by atoms with Crippen LogP contribution in [0.25, 0.3) is 0 Å². The highest BCUT2D eigenvalue weighted by atomic mass is 35.5. The molecule has 0 fully saturated rings. The highest BCUT2D eigenvalue weighted by Gasteiger charge is 2.15. The van der Waals surface area contributed by atoms with Crippen molar-refractivity contribution in [3.8, 4) is 0 Å². The summed E-state index contributed by atoms with van der Waals surface area (Å²) in [6, 6.07) is 10.6. The van der Waals surface area contributed by atoms with E-state index in [-0.39, 0.29) is 6.04 Å². The largest absolute Gasteiger partial charge is 0.271 e. The summed E-state index contributed by atoms with van der Waals surface area (Å²) in [4.78, 5) is 0. The quantitative estimate of drug-likeness (QED) is 0.598. The highest BCUT2D eigenvalue weighted by Crippen LogP contribution is 2.30. The van der Waals surface area contributed by atoms with E-state index in [2.05, 4.69) is 5.43 Å². The van der Waals surface area contributed by atoms with Crippen molar-refractivity contribution in [3.63, 3.8) is 0 Å². The van der Waals surface area contributed by atoms with Crippen molar-refractivity contribution < 1.29 is 0 Å². The zero-order chi connectivity index (χ0) is 14.7. The van der Waals surface area contributed by atoms with Crippen LogP contribution in [0.1, 0.15) is 17.2 Å². The molecule has 2 aromatic rings. The van der Waals surface area contributed by atoms with Crippen LogP contribution in [0.5, 0.6) is 0 Å². The third kappa shape index (κ3) is 3.79. The third-order valence-electron chi connectivity index (χ3n) is 2.94. The second-order valence-electron chi connectivity index (χ2n) is 4.34. The normalized spacial score (nSPS) is 12.4. The van der Waals surface area contributed by atoms with Gasteiger partial charge in [0, 0.05) is 10.0 Å². The molecule has 0 heterocycles. The van der Waals surface area contributed by atoms with Gasteiger partial charge in [-0.3, -0.25) is 11.3 Å². The van der Waals surface area contributed by atoms with Gasteiger partial charge in [-0.2, -0.15) is 0 Å². The molecule has 0 aromatic heterocycles. The minimum absolute atomic E-state index is 0.165. The number of hydrazine groups is 1. The molecule has 2 nitrogen and oxygen atoms in total. The van der Waals surface area contributed by atoms with E-state index in [0.29, 0.717) is 26.5 Å². The lowest BCUT2D eigenvalue weighted by molar-refractivity contribution is 0.552. The number of halogens is 4. The minimum Gasteiger partial charge on any atom is -0.271 e. The van der Waals surface area contributed by atoms with Crippen molar-refractivity contribution in [3.05, 3.63) is 67.6 Å². The third-order valence-corrected chi connectivity index (χ3v) is 4.24. The number of hydrogen-bond donors (Lipinski definition) is 2. The lowest BCUT2D eigenvalue weighted by Crippen LogP contribution is -2.29. The molecule has 0 aliphatic heterocycles. The molecule has 106 valence electrons. The summed E-state index contributed by atoms with van der Waals surface area (Å²) in [5, 5.41) is 2.17. The van der Waals surface area contributed by atoms with E-state index in [9.17, 15) is 0 Å². The average Bonchev–Trinajstić information content (AvgIpc) is 2.39. The Morgan fingerprint density at radius 3 is 2.25 bits per heavy atom. The molecule has 0 aliphatic rings. The number of nitrogens with one attached hydrogen (secondary N) is 1. The van der Waals surface area contributed by atoms with Gasteiger partial charge >= 0.3 is 0 Å². The molecule has 0 saturated carbocycles. The zero-order valence-electron chi connectivity index (χ0n) is 10.3. The van der Waals surface area contributed by atoms with Crippen LogP contribution in [0.15, 0.2) is 36.4 Å². The van der Waals surface area contributed by atoms with E-state index in [1.54, 1.807) is 12.1 Å². The van der Waals surface area contributed by atoms with Gasteiger partial charge < -0.3 is 0 Å². The Balaban J connectivity index is 2.31. The molecule has 3 N–H and O–H groups in total. The Hall–Kier alpha value is -0.480. The standard InChI is InChI=1S/C14H12Cl4N2/c15-10-4-9(5-11(16)7-10)13(20-19)6-8-2-1-3-12(17)14(8)18/h1-5,7,13,20H,6,19H2. The Kier molecular flexibility index (Phi) is 5.56. The summed E-state index contributed by atoms with van der Waals surface area (Å²) in [6.45, 7) is 0. The van der Waals surface area contributed by atoms with Gasteiger partial charge in [0.2, 0.25) is 0 Å². The number of nitrogens with two attached hydrogens (primary N) is 1. The lowest BCUT2D eigenvalue weighted by atomic mass is 9.99. The summed E-state index contributed by atoms with van der Waals surface area (Å²) < 4.78 is 0. The Bertz CT molecular complexity index is 596. The van der Waals surface area contributed by atoms with Crippen LogP contribution < -0.4 is 11.3 Å². The van der Waals surface area contributed by atoms with Crippen LogP contribution in [-0.2, 0) is 6.42 Å². The number of rotatable bonds is 4. The van der Waals surface area contributed by atoms with Crippen LogP contribution in [0.4, 0.5) is 0 Å². The van der Waals surface area contributed by atoms with Crippen molar-refractivity contribution in [2.45, 2.75) is 12.5 Å². The van der Waals surface area contributed by atoms with Gasteiger partial charge in [0.25, 0.3) is 0 Å². The van der Waals surface area contributed by atoms with Crippen LogP contribution in [0.3, 0.4) is 0 Å². The van der Waals surface area contributed by atoms with Gasteiger partial charge in [-0.25, -0.2) is 0 Å². The van der Waals surface area contributed by atoms with Crippen LogP contribution in [-0.4, -0.2) is 0 Å². The van der Waals surface area contributed by atoms with E-state index >= 15 is 0 Å². The van der Waals surface area contributed by atoms with Crippen molar-refractivity contribution in [1.29, 1.82) is 0 Å². The monoisotopic (exact) mass is 348 g/mol. The van der Waals surface area contributed by atoms with Crippen molar-refractivity contribution in [1.82, 2.24) is 5.43 Å². The van der Waals surface area contributed by atoms with Gasteiger partial charge in [-0.05, 0) is 41.8 Å². The van der Waals surface area contributed by atoms with E-state index in [4.69, 9.17) is 52.2 Å². The van der Waals surface area contributed by atoms with Gasteiger partial charge in [0.05, 0.1) is 16.1 Å². The number of benzene rings is 2. The smallest absolute Gasteiger partial charge is 0.0624 e. The Morgan fingerprint density at radius 2 is 1.65 bits per heavy atom. The molecule has 2 rings (SSSR count). The first-order valence-electron chi connectivity index (χ1n) is 5.86. The molecule has 0 aliphatic carbocycles. The van der Waals surface area contributed by atoms with Crippen molar-refractivity contribution >= 4 is 46.4 Å². The molecule has 0 saturated heterocycles. The van der Waals surface area contributed by atoms with Gasteiger partial charge in [-0.15, -0.1) is 0 Å². The summed E-state index contributed by atoms with van der Waals surface area (Å²) >= 11 is 24.2. The maximum atomic E-state index is 6.19. The van der Waals surface area contributed by atoms with Crippen LogP contribution >= 0.6 is 46.4 Å². The highest BCUT2D eigenvalue weighted by molar-refractivity contribution is 6.42. The minimum atomic E-state index is -0.165. The maximum absolute atomic E-state index is 6.19. The molecular weight excluding hydrogens is 338 g/mol. The van der Waals surface area contributed by atoms with E-state index < -0.39 is 0 Å². The predicted octanol–water partition coefficient (Wildman–Crippen LogP) is 5.05. The Labute approximate surface area is 137 Å². The Morgan fingerprint density at radius 1 is 1.00 bits per heavy atom. The van der Waals surface area contributed by atoms with Gasteiger partial charge in [0.15, 0.2) is 0 Å². The molecule has 0 radical (unpaired) electrons. The van der Waals surface area contributed by atoms with Gasteiger partial charge in [-0.1, -0.05) is 58.5 Å². The molecule has 0 amide bonds. The first kappa shape index (κ1) is 15.9. The predicted molar refractivity (Wildman–Crippen MR) is 86.7 cm³/mol. The molecule has 1 atom stereocenters. The van der Waals surface area contributed by atoms with E-state index in [0.717, 1.165) is 11.1 Å². The summed E-state index contributed by atoms with van der Waals surface area (Å²) in [5.41, 5.74) is 4.54. The second kappa shape index (κ2) is 6.99. The first-order chi connectivity index (χ1) is 9.51.